The number of hydrogen-bond acceptors (Lipinski definition) is 3. The standard InChI is InChI=1S/C15H13ClN2S/c16-13-5-6-14(15-12(13)4-1-8-18-15)17-9-7-11-3-2-10-19-11/h1-6,8,10,17H,7,9H2. The van der Waals surface area contributed by atoms with Crippen LogP contribution in [0.4, 0.5) is 5.69 Å². The van der Waals surface area contributed by atoms with Gasteiger partial charge in [-0.2, -0.15) is 0 Å². The highest BCUT2D eigenvalue weighted by Gasteiger charge is 2.05. The number of aromatic nitrogens is 1. The number of nitrogens with one attached hydrogen (secondary N) is 1. The van der Waals surface area contributed by atoms with Crippen molar-refractivity contribution in [1.82, 2.24) is 4.98 Å². The molecule has 0 radical (unpaired) electrons. The Labute approximate surface area is 121 Å². The summed E-state index contributed by atoms with van der Waals surface area (Å²) in [6, 6.07) is 12.0. The zero-order chi connectivity index (χ0) is 13.1. The number of hydrogen-bond donors (Lipinski definition) is 1. The van der Waals surface area contributed by atoms with Crippen LogP contribution in [0.25, 0.3) is 10.9 Å². The van der Waals surface area contributed by atoms with Crippen molar-refractivity contribution in [3.8, 4) is 0 Å². The normalized spacial score (nSPS) is 10.8. The van der Waals surface area contributed by atoms with Crippen LogP contribution in [-0.4, -0.2) is 11.5 Å². The van der Waals surface area contributed by atoms with Gasteiger partial charge in [-0.15, -0.1) is 11.3 Å². The first-order chi connectivity index (χ1) is 9.34. The van der Waals surface area contributed by atoms with Gasteiger partial charge in [0.2, 0.25) is 0 Å². The van der Waals surface area contributed by atoms with E-state index in [4.69, 9.17) is 11.6 Å². The Hall–Kier alpha value is -1.58. The van der Waals surface area contributed by atoms with Crippen LogP contribution >= 0.6 is 22.9 Å². The molecule has 2 aromatic heterocycles. The summed E-state index contributed by atoms with van der Waals surface area (Å²) in [6.45, 7) is 0.897. The Morgan fingerprint density at radius 1 is 1.16 bits per heavy atom. The molecule has 0 unspecified atom stereocenters. The largest absolute Gasteiger partial charge is 0.383 e. The summed E-state index contributed by atoms with van der Waals surface area (Å²) in [5.41, 5.74) is 1.97. The molecule has 0 saturated carbocycles. The van der Waals surface area contributed by atoms with E-state index in [1.807, 2.05) is 24.3 Å². The molecule has 0 aliphatic heterocycles. The van der Waals surface area contributed by atoms with Gasteiger partial charge >= 0.3 is 0 Å². The molecule has 1 N–H and O–H groups in total. The van der Waals surface area contributed by atoms with Gasteiger partial charge < -0.3 is 5.32 Å². The summed E-state index contributed by atoms with van der Waals surface area (Å²) >= 11 is 7.97. The van der Waals surface area contributed by atoms with Crippen LogP contribution in [0.2, 0.25) is 5.02 Å². The smallest absolute Gasteiger partial charge is 0.0948 e. The minimum atomic E-state index is 0.743. The molecule has 2 nitrogen and oxygen atoms in total. The van der Waals surface area contributed by atoms with Crippen molar-refractivity contribution in [2.75, 3.05) is 11.9 Å². The van der Waals surface area contributed by atoms with E-state index in [9.17, 15) is 0 Å². The van der Waals surface area contributed by atoms with Gasteiger partial charge in [-0.05, 0) is 42.1 Å². The third-order valence-electron chi connectivity index (χ3n) is 2.98. The molecule has 3 aromatic rings. The summed E-state index contributed by atoms with van der Waals surface area (Å²) < 4.78 is 0. The Bertz CT molecular complexity index is 680. The molecule has 0 fully saturated rings. The molecule has 0 saturated heterocycles. The van der Waals surface area contributed by atoms with E-state index in [-0.39, 0.29) is 0 Å². The molecule has 0 spiro atoms. The van der Waals surface area contributed by atoms with Crippen LogP contribution in [0.1, 0.15) is 4.88 Å². The second-order valence-electron chi connectivity index (χ2n) is 4.25. The van der Waals surface area contributed by atoms with Gasteiger partial charge in [0.25, 0.3) is 0 Å². The first-order valence-electron chi connectivity index (χ1n) is 6.14. The fourth-order valence-corrected chi connectivity index (χ4v) is 2.98. The first-order valence-corrected chi connectivity index (χ1v) is 7.40. The molecule has 4 heteroatoms. The lowest BCUT2D eigenvalue weighted by Gasteiger charge is -2.09. The second kappa shape index (κ2) is 5.59. The van der Waals surface area contributed by atoms with E-state index in [0.717, 1.165) is 34.6 Å². The van der Waals surface area contributed by atoms with Crippen LogP contribution in [-0.2, 0) is 6.42 Å². The highest BCUT2D eigenvalue weighted by Crippen LogP contribution is 2.27. The molecule has 0 bridgehead atoms. The molecule has 96 valence electrons. The molecule has 1 aromatic carbocycles. The average Bonchev–Trinajstić information content (AvgIpc) is 2.95. The predicted molar refractivity (Wildman–Crippen MR) is 83.3 cm³/mol. The van der Waals surface area contributed by atoms with Crippen molar-refractivity contribution in [1.29, 1.82) is 0 Å². The van der Waals surface area contributed by atoms with Crippen molar-refractivity contribution >= 4 is 39.5 Å². The van der Waals surface area contributed by atoms with E-state index in [1.54, 1.807) is 17.5 Å². The molecular formula is C15H13ClN2S. The predicted octanol–water partition coefficient (Wildman–Crippen LogP) is 4.60. The molecular weight excluding hydrogens is 276 g/mol. The third kappa shape index (κ3) is 2.72. The van der Waals surface area contributed by atoms with E-state index in [1.165, 1.54) is 4.88 Å². The molecule has 0 amide bonds. The number of thiophene rings is 1. The monoisotopic (exact) mass is 288 g/mol. The number of pyridine rings is 1. The van der Waals surface area contributed by atoms with E-state index in [2.05, 4.69) is 27.8 Å². The lowest BCUT2D eigenvalue weighted by molar-refractivity contribution is 1.05. The molecule has 19 heavy (non-hydrogen) atoms. The Kier molecular flexibility index (Phi) is 3.67. The topological polar surface area (TPSA) is 24.9 Å². The van der Waals surface area contributed by atoms with E-state index in [0.29, 0.717) is 0 Å². The molecule has 3 rings (SSSR count). The van der Waals surface area contributed by atoms with Crippen molar-refractivity contribution in [2.45, 2.75) is 6.42 Å². The van der Waals surface area contributed by atoms with Crippen molar-refractivity contribution in [2.24, 2.45) is 0 Å². The number of benzene rings is 1. The molecule has 0 aliphatic rings. The Balaban J connectivity index is 1.79. The van der Waals surface area contributed by atoms with Crippen molar-refractivity contribution in [3.63, 3.8) is 0 Å². The Morgan fingerprint density at radius 2 is 2.11 bits per heavy atom. The SMILES string of the molecule is Clc1ccc(NCCc2cccs2)c2ncccc12. The second-order valence-corrected chi connectivity index (χ2v) is 5.69. The first kappa shape index (κ1) is 12.5. The number of rotatable bonds is 4. The van der Waals surface area contributed by atoms with Gasteiger partial charge in [-0.3, -0.25) is 4.98 Å². The van der Waals surface area contributed by atoms with E-state index < -0.39 is 0 Å². The van der Waals surface area contributed by atoms with Crippen LogP contribution in [0.15, 0.2) is 48.0 Å². The number of halogens is 1. The van der Waals surface area contributed by atoms with E-state index >= 15 is 0 Å². The summed E-state index contributed by atoms with van der Waals surface area (Å²) in [6.07, 6.45) is 2.82. The summed E-state index contributed by atoms with van der Waals surface area (Å²) in [5.74, 6) is 0. The number of fused-ring (bicyclic) bond motifs is 1. The lowest BCUT2D eigenvalue weighted by Crippen LogP contribution is -2.04. The van der Waals surface area contributed by atoms with Crippen molar-refractivity contribution in [3.05, 3.63) is 57.9 Å². The summed E-state index contributed by atoms with van der Waals surface area (Å²) in [4.78, 5) is 5.80. The fraction of sp³-hybridized carbons (Fsp3) is 0.133. The minimum absolute atomic E-state index is 0.743. The Morgan fingerprint density at radius 3 is 2.95 bits per heavy atom. The van der Waals surface area contributed by atoms with Gasteiger partial charge in [0.05, 0.1) is 16.2 Å². The summed E-state index contributed by atoms with van der Waals surface area (Å²) in [7, 11) is 0. The quantitative estimate of drug-likeness (QED) is 0.759. The van der Waals surface area contributed by atoms with Gasteiger partial charge in [0, 0.05) is 23.0 Å². The van der Waals surface area contributed by atoms with Gasteiger partial charge in [0.15, 0.2) is 0 Å². The lowest BCUT2D eigenvalue weighted by atomic mass is 10.2. The zero-order valence-corrected chi connectivity index (χ0v) is 11.8. The minimum Gasteiger partial charge on any atom is -0.383 e. The third-order valence-corrected chi connectivity index (χ3v) is 4.25. The highest BCUT2D eigenvalue weighted by atomic mass is 35.5. The molecule has 2 heterocycles. The van der Waals surface area contributed by atoms with Crippen LogP contribution in [0, 0.1) is 0 Å². The van der Waals surface area contributed by atoms with Crippen LogP contribution in [0.5, 0.6) is 0 Å². The van der Waals surface area contributed by atoms with Crippen molar-refractivity contribution < 1.29 is 0 Å². The van der Waals surface area contributed by atoms with Gasteiger partial charge in [-0.25, -0.2) is 0 Å². The molecule has 0 aliphatic carbocycles. The average molecular weight is 289 g/mol. The maximum atomic E-state index is 6.18. The van der Waals surface area contributed by atoms with Crippen LogP contribution < -0.4 is 5.32 Å². The highest BCUT2D eigenvalue weighted by molar-refractivity contribution is 7.09. The maximum absolute atomic E-state index is 6.18. The van der Waals surface area contributed by atoms with Crippen LogP contribution in [0.3, 0.4) is 0 Å². The van der Waals surface area contributed by atoms with Gasteiger partial charge in [-0.1, -0.05) is 17.7 Å². The molecule has 0 atom stereocenters. The number of anilines is 1. The van der Waals surface area contributed by atoms with Gasteiger partial charge in [0.1, 0.15) is 0 Å². The summed E-state index contributed by atoms with van der Waals surface area (Å²) in [5, 5.41) is 7.28. The fourth-order valence-electron chi connectivity index (χ4n) is 2.06. The number of nitrogens with zero attached hydrogens (tertiary/aromatic N) is 1. The zero-order valence-electron chi connectivity index (χ0n) is 10.3. The maximum Gasteiger partial charge on any atom is 0.0948 e.